The number of halogens is 1. The highest BCUT2D eigenvalue weighted by Gasteiger charge is 2.12. The van der Waals surface area contributed by atoms with Crippen LogP contribution in [0, 0.1) is 6.92 Å². The monoisotopic (exact) mass is 434 g/mol. The van der Waals surface area contributed by atoms with E-state index in [1.807, 2.05) is 19.1 Å². The maximum Gasteiger partial charge on any atom is 0.338 e. The number of aryl methyl sites for hydroxylation is 1. The summed E-state index contributed by atoms with van der Waals surface area (Å²) in [5.41, 5.74) is 3.98. The molecule has 0 radical (unpaired) electrons. The fourth-order valence-electron chi connectivity index (χ4n) is 2.93. The molecule has 0 saturated heterocycles. The summed E-state index contributed by atoms with van der Waals surface area (Å²) < 4.78 is 5.01. The lowest BCUT2D eigenvalue weighted by molar-refractivity contribution is 0.0526. The maximum atomic E-state index is 11.8. The number of benzene rings is 2. The van der Waals surface area contributed by atoms with E-state index < -0.39 is 0 Å². The van der Waals surface area contributed by atoms with Crippen LogP contribution in [0.3, 0.4) is 0 Å². The Kier molecular flexibility index (Phi) is 5.90. The lowest BCUT2D eigenvalue weighted by atomic mass is 10.2. The van der Waals surface area contributed by atoms with E-state index >= 15 is 0 Å². The van der Waals surface area contributed by atoms with E-state index in [9.17, 15) is 4.79 Å². The number of esters is 1. The summed E-state index contributed by atoms with van der Waals surface area (Å²) >= 11 is 6.06. The van der Waals surface area contributed by atoms with Gasteiger partial charge in [0, 0.05) is 28.8 Å². The molecule has 0 spiro atoms. The van der Waals surface area contributed by atoms with Gasteiger partial charge in [0.2, 0.25) is 5.95 Å². The van der Waals surface area contributed by atoms with Crippen molar-refractivity contribution in [1.82, 2.24) is 19.9 Å². The van der Waals surface area contributed by atoms with E-state index in [-0.39, 0.29) is 5.97 Å². The Morgan fingerprint density at radius 2 is 1.81 bits per heavy atom. The van der Waals surface area contributed by atoms with Crippen LogP contribution in [0.25, 0.3) is 11.2 Å². The third kappa shape index (κ3) is 4.70. The van der Waals surface area contributed by atoms with Crippen molar-refractivity contribution in [1.29, 1.82) is 0 Å². The minimum absolute atomic E-state index is 0.327. The number of ether oxygens (including phenoxy) is 1. The summed E-state index contributed by atoms with van der Waals surface area (Å²) in [7, 11) is 0. The van der Waals surface area contributed by atoms with Gasteiger partial charge in [-0.2, -0.15) is 9.97 Å². The van der Waals surface area contributed by atoms with Crippen molar-refractivity contribution in [3.8, 4) is 0 Å². The molecular weight excluding hydrogens is 416 g/mol. The van der Waals surface area contributed by atoms with Gasteiger partial charge < -0.3 is 15.4 Å². The van der Waals surface area contributed by atoms with Crippen LogP contribution in [0.5, 0.6) is 0 Å². The van der Waals surface area contributed by atoms with Gasteiger partial charge in [-0.25, -0.2) is 14.8 Å². The number of rotatable bonds is 6. The lowest BCUT2D eigenvalue weighted by Gasteiger charge is -2.13. The fourth-order valence-corrected chi connectivity index (χ4v) is 3.16. The summed E-state index contributed by atoms with van der Waals surface area (Å²) in [6.07, 6.45) is 3.16. The molecule has 2 aromatic heterocycles. The molecule has 0 aliphatic heterocycles. The molecule has 0 saturated carbocycles. The molecule has 8 nitrogen and oxygen atoms in total. The average Bonchev–Trinajstić information content (AvgIpc) is 2.76. The van der Waals surface area contributed by atoms with Crippen LogP contribution in [0.15, 0.2) is 54.9 Å². The number of nitrogens with zero attached hydrogens (tertiary/aromatic N) is 4. The second-order valence-electron chi connectivity index (χ2n) is 6.63. The number of aromatic nitrogens is 4. The first kappa shape index (κ1) is 20.5. The smallest absolute Gasteiger partial charge is 0.338 e. The Labute approximate surface area is 183 Å². The zero-order valence-corrected chi connectivity index (χ0v) is 17.6. The number of fused-ring (bicyclic) bond motifs is 1. The van der Waals surface area contributed by atoms with Gasteiger partial charge in [0.25, 0.3) is 0 Å². The molecule has 9 heteroatoms. The summed E-state index contributed by atoms with van der Waals surface area (Å²) in [6.45, 7) is 4.05. The predicted molar refractivity (Wildman–Crippen MR) is 120 cm³/mol. The molecule has 0 unspecified atom stereocenters. The number of carbonyl (C=O) groups excluding carboxylic acids is 1. The molecule has 2 heterocycles. The summed E-state index contributed by atoms with van der Waals surface area (Å²) in [4.78, 5) is 29.5. The first-order chi connectivity index (χ1) is 15.0. The highest BCUT2D eigenvalue weighted by molar-refractivity contribution is 6.30. The van der Waals surface area contributed by atoms with Gasteiger partial charge in [0.15, 0.2) is 17.0 Å². The number of carbonyl (C=O) groups is 1. The lowest BCUT2D eigenvalue weighted by Crippen LogP contribution is -2.06. The van der Waals surface area contributed by atoms with E-state index in [1.54, 1.807) is 49.6 Å². The molecule has 0 aliphatic rings. The van der Waals surface area contributed by atoms with Gasteiger partial charge >= 0.3 is 5.97 Å². The van der Waals surface area contributed by atoms with Crippen LogP contribution in [0.4, 0.5) is 23.1 Å². The van der Waals surface area contributed by atoms with Gasteiger partial charge in [-0.1, -0.05) is 11.6 Å². The third-order valence-corrected chi connectivity index (χ3v) is 4.66. The van der Waals surface area contributed by atoms with Gasteiger partial charge in [0.05, 0.1) is 12.2 Å². The largest absolute Gasteiger partial charge is 0.462 e. The van der Waals surface area contributed by atoms with E-state index in [4.69, 9.17) is 16.3 Å². The van der Waals surface area contributed by atoms with Crippen LogP contribution in [-0.4, -0.2) is 32.5 Å². The number of hydrogen-bond acceptors (Lipinski definition) is 8. The average molecular weight is 435 g/mol. The van der Waals surface area contributed by atoms with Gasteiger partial charge in [-0.3, -0.25) is 0 Å². The molecule has 2 N–H and O–H groups in total. The molecule has 4 rings (SSSR count). The topological polar surface area (TPSA) is 102 Å². The Morgan fingerprint density at radius 3 is 2.55 bits per heavy atom. The Balaban J connectivity index is 1.65. The molecule has 0 bridgehead atoms. The van der Waals surface area contributed by atoms with E-state index in [1.165, 1.54) is 0 Å². The van der Waals surface area contributed by atoms with Crippen molar-refractivity contribution in [2.24, 2.45) is 0 Å². The number of nitrogens with one attached hydrogen (secondary N) is 2. The number of anilines is 4. The van der Waals surface area contributed by atoms with Crippen molar-refractivity contribution in [2.45, 2.75) is 13.8 Å². The van der Waals surface area contributed by atoms with Crippen LogP contribution in [0.1, 0.15) is 22.8 Å². The highest BCUT2D eigenvalue weighted by atomic mass is 35.5. The molecule has 156 valence electrons. The van der Waals surface area contributed by atoms with Gasteiger partial charge in [-0.05, 0) is 61.9 Å². The van der Waals surface area contributed by atoms with Gasteiger partial charge in [-0.15, -0.1) is 0 Å². The van der Waals surface area contributed by atoms with Crippen molar-refractivity contribution >= 4 is 51.9 Å². The van der Waals surface area contributed by atoms with Crippen molar-refractivity contribution < 1.29 is 9.53 Å². The van der Waals surface area contributed by atoms with Crippen LogP contribution >= 0.6 is 11.6 Å². The second kappa shape index (κ2) is 8.93. The zero-order chi connectivity index (χ0) is 21.8. The van der Waals surface area contributed by atoms with E-state index in [0.29, 0.717) is 45.8 Å². The van der Waals surface area contributed by atoms with E-state index in [0.717, 1.165) is 11.3 Å². The van der Waals surface area contributed by atoms with Crippen molar-refractivity contribution in [3.63, 3.8) is 0 Å². The molecule has 0 fully saturated rings. The minimum Gasteiger partial charge on any atom is -0.462 e. The summed E-state index contributed by atoms with van der Waals surface area (Å²) in [6, 6.07) is 12.4. The number of hydrogen-bond donors (Lipinski definition) is 2. The summed E-state index contributed by atoms with van der Waals surface area (Å²) in [5, 5.41) is 7.09. The van der Waals surface area contributed by atoms with E-state index in [2.05, 4.69) is 30.6 Å². The standard InChI is InChI=1S/C22H19ClN6O2/c1-3-31-21(30)14-4-7-16(8-5-14)26-22-28-19-18(24-10-11-25-19)20(29-22)27-17-9-6-15(23)12-13(17)2/h4-12H,3H2,1-2H3,(H2,25,26,27,28,29). The van der Waals surface area contributed by atoms with Crippen LogP contribution in [-0.2, 0) is 4.74 Å². The molecule has 0 aliphatic carbocycles. The van der Waals surface area contributed by atoms with Crippen molar-refractivity contribution in [3.05, 3.63) is 71.0 Å². The minimum atomic E-state index is -0.365. The normalized spacial score (nSPS) is 10.7. The molecule has 0 amide bonds. The maximum absolute atomic E-state index is 11.8. The first-order valence-corrected chi connectivity index (χ1v) is 9.97. The Bertz CT molecular complexity index is 1250. The quantitative estimate of drug-likeness (QED) is 0.406. The fraction of sp³-hybridized carbons (Fsp3) is 0.136. The van der Waals surface area contributed by atoms with Crippen LogP contribution < -0.4 is 10.6 Å². The molecule has 31 heavy (non-hydrogen) atoms. The second-order valence-corrected chi connectivity index (χ2v) is 7.07. The van der Waals surface area contributed by atoms with Gasteiger partial charge in [0.1, 0.15) is 0 Å². The molecule has 2 aromatic carbocycles. The Morgan fingerprint density at radius 1 is 1.03 bits per heavy atom. The third-order valence-electron chi connectivity index (χ3n) is 4.43. The zero-order valence-electron chi connectivity index (χ0n) is 16.9. The highest BCUT2D eigenvalue weighted by Crippen LogP contribution is 2.27. The molecule has 4 aromatic rings. The Hall–Kier alpha value is -3.78. The van der Waals surface area contributed by atoms with Crippen molar-refractivity contribution in [2.75, 3.05) is 17.2 Å². The first-order valence-electron chi connectivity index (χ1n) is 9.59. The predicted octanol–water partition coefficient (Wildman–Crippen LogP) is 5.05. The molecule has 0 atom stereocenters. The summed E-state index contributed by atoms with van der Waals surface area (Å²) in [5.74, 6) is 0.483. The van der Waals surface area contributed by atoms with Crippen LogP contribution in [0.2, 0.25) is 5.02 Å². The molecular formula is C22H19ClN6O2. The SMILES string of the molecule is CCOC(=O)c1ccc(Nc2nc(Nc3ccc(Cl)cc3C)c3nccnc3n2)cc1.